The first kappa shape index (κ1) is 10.4. The van der Waals surface area contributed by atoms with Gasteiger partial charge in [-0.25, -0.2) is 0 Å². The average molecular weight is 187 g/mol. The quantitative estimate of drug-likeness (QED) is 0.647. The number of nitrogens with two attached hydrogens (primary N) is 1. The van der Waals surface area contributed by atoms with E-state index < -0.39 is 0 Å². The maximum atomic E-state index is 5.43. The molecule has 0 aliphatic carbocycles. The largest absolute Gasteiger partial charge is 0.330 e. The molecule has 2 heteroatoms. The molecule has 1 aliphatic rings. The summed E-state index contributed by atoms with van der Waals surface area (Å²) in [6, 6.07) is 0. The highest BCUT2D eigenvalue weighted by atomic mass is 32.2. The predicted octanol–water partition coefficient (Wildman–Crippen LogP) is 2.79. The SMILES string of the molecule is NCCCCCCC1CCCS1. The molecule has 72 valence electrons. The summed E-state index contributed by atoms with van der Waals surface area (Å²) in [7, 11) is 0. The summed E-state index contributed by atoms with van der Waals surface area (Å²) in [6.07, 6.45) is 9.77. The van der Waals surface area contributed by atoms with Crippen LogP contribution in [0.3, 0.4) is 0 Å². The highest BCUT2D eigenvalue weighted by Gasteiger charge is 2.14. The topological polar surface area (TPSA) is 26.0 Å². The fourth-order valence-corrected chi connectivity index (χ4v) is 3.08. The second kappa shape index (κ2) is 6.79. The minimum Gasteiger partial charge on any atom is -0.330 e. The average Bonchev–Trinajstić information content (AvgIpc) is 2.57. The van der Waals surface area contributed by atoms with Crippen LogP contribution in [0.25, 0.3) is 0 Å². The summed E-state index contributed by atoms with van der Waals surface area (Å²) in [4.78, 5) is 0. The fraction of sp³-hybridized carbons (Fsp3) is 1.00. The predicted molar refractivity (Wildman–Crippen MR) is 57.6 cm³/mol. The van der Waals surface area contributed by atoms with Crippen molar-refractivity contribution in [2.24, 2.45) is 5.73 Å². The summed E-state index contributed by atoms with van der Waals surface area (Å²) < 4.78 is 0. The molecule has 1 rings (SSSR count). The van der Waals surface area contributed by atoms with E-state index in [1.807, 2.05) is 0 Å². The maximum Gasteiger partial charge on any atom is 0.00473 e. The van der Waals surface area contributed by atoms with Crippen LogP contribution in [0.2, 0.25) is 0 Å². The third-order valence-corrected chi connectivity index (χ3v) is 3.97. The normalized spacial score (nSPS) is 23.2. The summed E-state index contributed by atoms with van der Waals surface area (Å²) in [5.41, 5.74) is 5.43. The molecule has 2 N–H and O–H groups in total. The van der Waals surface area contributed by atoms with Gasteiger partial charge >= 0.3 is 0 Å². The zero-order chi connectivity index (χ0) is 8.65. The molecule has 1 nitrogen and oxygen atoms in total. The molecule has 1 atom stereocenters. The van der Waals surface area contributed by atoms with E-state index in [1.165, 1.54) is 50.7 Å². The summed E-state index contributed by atoms with van der Waals surface area (Å²) in [6.45, 7) is 0.873. The van der Waals surface area contributed by atoms with E-state index in [-0.39, 0.29) is 0 Å². The first-order valence-corrected chi connectivity index (χ1v) is 6.30. The van der Waals surface area contributed by atoms with Gasteiger partial charge in [-0.15, -0.1) is 0 Å². The molecule has 1 fully saturated rings. The van der Waals surface area contributed by atoms with Gasteiger partial charge < -0.3 is 5.73 Å². The summed E-state index contributed by atoms with van der Waals surface area (Å²) >= 11 is 2.18. The van der Waals surface area contributed by atoms with Crippen LogP contribution in [0.15, 0.2) is 0 Å². The Kier molecular flexibility index (Phi) is 5.88. The molecule has 12 heavy (non-hydrogen) atoms. The smallest absolute Gasteiger partial charge is 0.00473 e. The van der Waals surface area contributed by atoms with Crippen molar-refractivity contribution < 1.29 is 0 Å². The van der Waals surface area contributed by atoms with E-state index in [1.54, 1.807) is 0 Å². The molecule has 0 aromatic carbocycles. The van der Waals surface area contributed by atoms with Gasteiger partial charge in [-0.3, -0.25) is 0 Å². The van der Waals surface area contributed by atoms with Crippen molar-refractivity contribution in [3.05, 3.63) is 0 Å². The van der Waals surface area contributed by atoms with Crippen molar-refractivity contribution >= 4 is 11.8 Å². The number of hydrogen-bond acceptors (Lipinski definition) is 2. The van der Waals surface area contributed by atoms with E-state index in [2.05, 4.69) is 11.8 Å². The summed E-state index contributed by atoms with van der Waals surface area (Å²) in [5.74, 6) is 1.41. The number of rotatable bonds is 6. The van der Waals surface area contributed by atoms with Crippen molar-refractivity contribution in [2.45, 2.75) is 50.2 Å². The van der Waals surface area contributed by atoms with E-state index in [0.717, 1.165) is 11.8 Å². The molecule has 0 saturated carbocycles. The Hall–Kier alpha value is 0.310. The minimum atomic E-state index is 0.873. The van der Waals surface area contributed by atoms with Crippen LogP contribution in [0, 0.1) is 0 Å². The van der Waals surface area contributed by atoms with Crippen molar-refractivity contribution in [3.8, 4) is 0 Å². The first-order chi connectivity index (χ1) is 5.93. The van der Waals surface area contributed by atoms with Crippen molar-refractivity contribution in [1.29, 1.82) is 0 Å². The Bertz CT molecular complexity index is 100. The van der Waals surface area contributed by atoms with Gasteiger partial charge in [0.1, 0.15) is 0 Å². The lowest BCUT2D eigenvalue weighted by Crippen LogP contribution is -1.99. The van der Waals surface area contributed by atoms with Crippen molar-refractivity contribution in [1.82, 2.24) is 0 Å². The lowest BCUT2D eigenvalue weighted by Gasteiger charge is -2.06. The van der Waals surface area contributed by atoms with Crippen LogP contribution in [-0.4, -0.2) is 17.5 Å². The van der Waals surface area contributed by atoms with Crippen molar-refractivity contribution in [2.75, 3.05) is 12.3 Å². The molecule has 1 aliphatic heterocycles. The van der Waals surface area contributed by atoms with Gasteiger partial charge in [0.15, 0.2) is 0 Å². The monoisotopic (exact) mass is 187 g/mol. The Balaban J connectivity index is 1.81. The van der Waals surface area contributed by atoms with Gasteiger partial charge in [0, 0.05) is 5.25 Å². The lowest BCUT2D eigenvalue weighted by molar-refractivity contribution is 0.597. The zero-order valence-electron chi connectivity index (χ0n) is 7.93. The molecular formula is C10H21NS. The van der Waals surface area contributed by atoms with E-state index >= 15 is 0 Å². The van der Waals surface area contributed by atoms with Gasteiger partial charge in [-0.1, -0.05) is 19.3 Å². The van der Waals surface area contributed by atoms with E-state index in [9.17, 15) is 0 Å². The molecule has 0 aromatic heterocycles. The van der Waals surface area contributed by atoms with Gasteiger partial charge in [0.25, 0.3) is 0 Å². The van der Waals surface area contributed by atoms with E-state index in [0.29, 0.717) is 0 Å². The highest BCUT2D eigenvalue weighted by molar-refractivity contribution is 8.00. The van der Waals surface area contributed by atoms with Crippen LogP contribution in [0.1, 0.15) is 44.9 Å². The number of thioether (sulfide) groups is 1. The molecule has 0 bridgehead atoms. The maximum absolute atomic E-state index is 5.43. The molecule has 0 radical (unpaired) electrons. The highest BCUT2D eigenvalue weighted by Crippen LogP contribution is 2.29. The molecule has 1 saturated heterocycles. The van der Waals surface area contributed by atoms with Gasteiger partial charge in [0.05, 0.1) is 0 Å². The van der Waals surface area contributed by atoms with Crippen molar-refractivity contribution in [3.63, 3.8) is 0 Å². The summed E-state index contributed by atoms with van der Waals surface area (Å²) in [5, 5.41) is 1.00. The molecular weight excluding hydrogens is 166 g/mol. The Morgan fingerprint density at radius 1 is 1.17 bits per heavy atom. The van der Waals surface area contributed by atoms with Gasteiger partial charge in [0.2, 0.25) is 0 Å². The zero-order valence-corrected chi connectivity index (χ0v) is 8.74. The fourth-order valence-electron chi connectivity index (χ4n) is 1.74. The third-order valence-electron chi connectivity index (χ3n) is 2.50. The Morgan fingerprint density at radius 3 is 2.67 bits per heavy atom. The van der Waals surface area contributed by atoms with Crippen LogP contribution in [-0.2, 0) is 0 Å². The van der Waals surface area contributed by atoms with E-state index in [4.69, 9.17) is 5.73 Å². The lowest BCUT2D eigenvalue weighted by atomic mass is 10.1. The van der Waals surface area contributed by atoms with Crippen LogP contribution in [0.4, 0.5) is 0 Å². The molecule has 0 amide bonds. The molecule has 0 spiro atoms. The number of unbranched alkanes of at least 4 members (excludes halogenated alkanes) is 3. The van der Waals surface area contributed by atoms with Crippen LogP contribution < -0.4 is 5.73 Å². The minimum absolute atomic E-state index is 0.873. The van der Waals surface area contributed by atoms with Crippen LogP contribution >= 0.6 is 11.8 Å². The van der Waals surface area contributed by atoms with Gasteiger partial charge in [-0.2, -0.15) is 11.8 Å². The number of hydrogen-bond donors (Lipinski definition) is 1. The van der Waals surface area contributed by atoms with Crippen LogP contribution in [0.5, 0.6) is 0 Å². The third kappa shape index (κ3) is 4.36. The molecule has 1 heterocycles. The Morgan fingerprint density at radius 2 is 2.00 bits per heavy atom. The molecule has 1 unspecified atom stereocenters. The Labute approximate surface area is 80.5 Å². The first-order valence-electron chi connectivity index (χ1n) is 5.25. The van der Waals surface area contributed by atoms with Gasteiger partial charge in [-0.05, 0) is 38.0 Å². The standard InChI is InChI=1S/C10H21NS/c11-8-4-2-1-3-6-10-7-5-9-12-10/h10H,1-9,11H2. The second-order valence-corrected chi connectivity index (χ2v) is 5.03. The second-order valence-electron chi connectivity index (χ2n) is 3.63. The molecule has 0 aromatic rings.